The number of halogens is 1. The number of carbonyl (C=O) groups is 2. The van der Waals surface area contributed by atoms with Gasteiger partial charge in [-0.1, -0.05) is 6.07 Å². The average Bonchev–Trinajstić information content (AvgIpc) is 2.64. The Bertz CT molecular complexity index is 487. The molecule has 0 bridgehead atoms. The lowest BCUT2D eigenvalue weighted by molar-refractivity contribution is -0.123. The smallest absolute Gasteiger partial charge is 0.227 e. The third-order valence-electron chi connectivity index (χ3n) is 2.99. The summed E-state index contributed by atoms with van der Waals surface area (Å²) in [5.74, 6) is -1.57. The Morgan fingerprint density at radius 3 is 2.82 bits per heavy atom. The standard InChI is InChI=1S/C12H13FN2O2/c1-7-2-3-9(13)5-10(7)15-6-8(12(14)17)4-11(15)16/h2-3,5,8H,4,6H2,1H3,(H2,14,17). The highest BCUT2D eigenvalue weighted by Crippen LogP contribution is 2.28. The molecule has 1 aliphatic heterocycles. The molecule has 5 heteroatoms. The highest BCUT2D eigenvalue weighted by Gasteiger charge is 2.34. The number of amides is 2. The first kappa shape index (κ1) is 11.6. The lowest BCUT2D eigenvalue weighted by Gasteiger charge is -2.18. The van der Waals surface area contributed by atoms with Crippen LogP contribution in [0.1, 0.15) is 12.0 Å². The van der Waals surface area contributed by atoms with E-state index in [4.69, 9.17) is 5.73 Å². The Morgan fingerprint density at radius 1 is 1.53 bits per heavy atom. The zero-order chi connectivity index (χ0) is 12.6. The minimum absolute atomic E-state index is 0.102. The van der Waals surface area contributed by atoms with Gasteiger partial charge in [0.1, 0.15) is 5.82 Å². The van der Waals surface area contributed by atoms with Crippen LogP contribution in [-0.4, -0.2) is 18.4 Å². The Balaban J connectivity index is 2.32. The second-order valence-electron chi connectivity index (χ2n) is 4.24. The van der Waals surface area contributed by atoms with Crippen LogP contribution in [0.4, 0.5) is 10.1 Å². The molecule has 1 aromatic carbocycles. The van der Waals surface area contributed by atoms with Gasteiger partial charge < -0.3 is 10.6 Å². The van der Waals surface area contributed by atoms with Crippen LogP contribution in [0, 0.1) is 18.7 Å². The molecule has 1 atom stereocenters. The van der Waals surface area contributed by atoms with E-state index < -0.39 is 17.6 Å². The number of primary amides is 1. The highest BCUT2D eigenvalue weighted by atomic mass is 19.1. The monoisotopic (exact) mass is 236 g/mol. The Hall–Kier alpha value is -1.91. The largest absolute Gasteiger partial charge is 0.369 e. The van der Waals surface area contributed by atoms with Crippen molar-refractivity contribution < 1.29 is 14.0 Å². The first-order chi connectivity index (χ1) is 7.99. The summed E-state index contributed by atoms with van der Waals surface area (Å²) in [5, 5.41) is 0. The summed E-state index contributed by atoms with van der Waals surface area (Å²) in [5.41, 5.74) is 6.49. The summed E-state index contributed by atoms with van der Waals surface area (Å²) in [4.78, 5) is 24.2. The second-order valence-corrected chi connectivity index (χ2v) is 4.24. The van der Waals surface area contributed by atoms with Crippen LogP contribution < -0.4 is 10.6 Å². The SMILES string of the molecule is Cc1ccc(F)cc1N1CC(C(N)=O)CC1=O. The highest BCUT2D eigenvalue weighted by molar-refractivity contribution is 6.00. The molecule has 17 heavy (non-hydrogen) atoms. The van der Waals surface area contributed by atoms with Crippen molar-refractivity contribution in [3.63, 3.8) is 0 Å². The van der Waals surface area contributed by atoms with Crippen molar-refractivity contribution >= 4 is 17.5 Å². The molecule has 2 amide bonds. The Labute approximate surface area is 98.2 Å². The number of hydrogen-bond acceptors (Lipinski definition) is 2. The summed E-state index contributed by atoms with van der Waals surface area (Å²) in [6.07, 6.45) is 0.102. The molecule has 1 aliphatic rings. The Kier molecular flexibility index (Phi) is 2.83. The molecule has 90 valence electrons. The van der Waals surface area contributed by atoms with Gasteiger partial charge in [-0.15, -0.1) is 0 Å². The van der Waals surface area contributed by atoms with Crippen molar-refractivity contribution in [3.05, 3.63) is 29.6 Å². The van der Waals surface area contributed by atoms with Crippen molar-refractivity contribution in [2.24, 2.45) is 11.7 Å². The maximum Gasteiger partial charge on any atom is 0.227 e. The third kappa shape index (κ3) is 2.13. The van der Waals surface area contributed by atoms with E-state index in [2.05, 4.69) is 0 Å². The van der Waals surface area contributed by atoms with Gasteiger partial charge in [0.05, 0.1) is 5.92 Å². The van der Waals surface area contributed by atoms with Gasteiger partial charge in [-0.25, -0.2) is 4.39 Å². The molecular weight excluding hydrogens is 223 g/mol. The molecule has 0 radical (unpaired) electrons. The summed E-state index contributed by atoms with van der Waals surface area (Å²) in [7, 11) is 0. The molecule has 2 N–H and O–H groups in total. The summed E-state index contributed by atoms with van der Waals surface area (Å²) in [6, 6.07) is 4.25. The van der Waals surface area contributed by atoms with Crippen LogP contribution in [0.5, 0.6) is 0 Å². The molecule has 1 fully saturated rings. The molecule has 1 saturated heterocycles. The number of rotatable bonds is 2. The van der Waals surface area contributed by atoms with Crippen LogP contribution in [0.15, 0.2) is 18.2 Å². The van der Waals surface area contributed by atoms with Gasteiger partial charge >= 0.3 is 0 Å². The van der Waals surface area contributed by atoms with Crippen LogP contribution in [-0.2, 0) is 9.59 Å². The van der Waals surface area contributed by atoms with Crippen molar-refractivity contribution in [2.45, 2.75) is 13.3 Å². The molecular formula is C12H13FN2O2. The minimum Gasteiger partial charge on any atom is -0.369 e. The number of carbonyl (C=O) groups excluding carboxylic acids is 2. The maximum atomic E-state index is 13.2. The fraction of sp³-hybridized carbons (Fsp3) is 0.333. The predicted molar refractivity (Wildman–Crippen MR) is 60.8 cm³/mol. The lowest BCUT2D eigenvalue weighted by atomic mass is 10.1. The predicted octanol–water partition coefficient (Wildman–Crippen LogP) is 0.972. The van der Waals surface area contributed by atoms with Crippen molar-refractivity contribution in [3.8, 4) is 0 Å². The molecule has 4 nitrogen and oxygen atoms in total. The number of nitrogens with zero attached hydrogens (tertiary/aromatic N) is 1. The quantitative estimate of drug-likeness (QED) is 0.831. The van der Waals surface area contributed by atoms with Crippen LogP contribution in [0.2, 0.25) is 0 Å². The molecule has 0 spiro atoms. The zero-order valence-corrected chi connectivity index (χ0v) is 9.44. The maximum absolute atomic E-state index is 13.2. The lowest BCUT2D eigenvalue weighted by Crippen LogP contribution is -2.28. The van der Waals surface area contributed by atoms with E-state index in [0.29, 0.717) is 5.69 Å². The van der Waals surface area contributed by atoms with E-state index >= 15 is 0 Å². The summed E-state index contributed by atoms with van der Waals surface area (Å²) < 4.78 is 13.2. The number of benzene rings is 1. The van der Waals surface area contributed by atoms with Crippen molar-refractivity contribution in [1.82, 2.24) is 0 Å². The zero-order valence-electron chi connectivity index (χ0n) is 9.44. The summed E-state index contributed by atoms with van der Waals surface area (Å²) in [6.45, 7) is 2.03. The van der Waals surface area contributed by atoms with E-state index in [1.54, 1.807) is 13.0 Å². The van der Waals surface area contributed by atoms with Gasteiger partial charge in [0.15, 0.2) is 0 Å². The van der Waals surface area contributed by atoms with E-state index in [0.717, 1.165) is 5.56 Å². The molecule has 0 aliphatic carbocycles. The summed E-state index contributed by atoms with van der Waals surface area (Å²) >= 11 is 0. The van der Waals surface area contributed by atoms with E-state index in [9.17, 15) is 14.0 Å². The molecule has 0 aromatic heterocycles. The van der Waals surface area contributed by atoms with E-state index in [1.807, 2.05) is 0 Å². The molecule has 2 rings (SSSR count). The Morgan fingerprint density at radius 2 is 2.24 bits per heavy atom. The van der Waals surface area contributed by atoms with Crippen LogP contribution >= 0.6 is 0 Å². The van der Waals surface area contributed by atoms with Gasteiger partial charge in [0, 0.05) is 18.7 Å². The molecule has 1 aromatic rings. The van der Waals surface area contributed by atoms with Crippen molar-refractivity contribution in [1.29, 1.82) is 0 Å². The fourth-order valence-electron chi connectivity index (χ4n) is 2.00. The number of aryl methyl sites for hydroxylation is 1. The number of anilines is 1. The second kappa shape index (κ2) is 4.16. The minimum atomic E-state index is -0.491. The van der Waals surface area contributed by atoms with E-state index in [1.165, 1.54) is 17.0 Å². The fourth-order valence-corrected chi connectivity index (χ4v) is 2.00. The first-order valence-electron chi connectivity index (χ1n) is 5.35. The number of nitrogens with two attached hydrogens (primary N) is 1. The molecule has 1 heterocycles. The first-order valence-corrected chi connectivity index (χ1v) is 5.35. The van der Waals surface area contributed by atoms with Gasteiger partial charge in [-0.05, 0) is 24.6 Å². The van der Waals surface area contributed by atoms with Crippen LogP contribution in [0.25, 0.3) is 0 Å². The van der Waals surface area contributed by atoms with Crippen LogP contribution in [0.3, 0.4) is 0 Å². The molecule has 1 unspecified atom stereocenters. The number of hydrogen-bond donors (Lipinski definition) is 1. The van der Waals surface area contributed by atoms with Crippen molar-refractivity contribution in [2.75, 3.05) is 11.4 Å². The van der Waals surface area contributed by atoms with Gasteiger partial charge in [0.25, 0.3) is 0 Å². The van der Waals surface area contributed by atoms with E-state index in [-0.39, 0.29) is 18.9 Å². The van der Waals surface area contributed by atoms with Gasteiger partial charge in [0.2, 0.25) is 11.8 Å². The topological polar surface area (TPSA) is 63.4 Å². The van der Waals surface area contributed by atoms with Gasteiger partial charge in [-0.3, -0.25) is 9.59 Å². The molecule has 0 saturated carbocycles. The average molecular weight is 236 g/mol. The van der Waals surface area contributed by atoms with Gasteiger partial charge in [-0.2, -0.15) is 0 Å². The normalized spacial score (nSPS) is 19.8. The third-order valence-corrected chi connectivity index (χ3v) is 2.99.